The third kappa shape index (κ3) is 39.5. The molecule has 2 heterocycles. The van der Waals surface area contributed by atoms with Gasteiger partial charge in [-0.1, -0.05) is 89.5 Å². The molecule has 0 saturated carbocycles. The number of carboxylic acids is 1. The average molecular weight is 1830 g/mol. The summed E-state index contributed by atoms with van der Waals surface area (Å²) in [7, 11) is 0. The predicted octanol–water partition coefficient (Wildman–Crippen LogP) is -7.58. The molecule has 47 heteroatoms. The zero-order chi connectivity index (χ0) is 98.1. The Bertz CT molecular complexity index is 3960. The number of carbonyl (C=O) groups is 20. The van der Waals surface area contributed by atoms with E-state index >= 15 is 0 Å². The quantitative estimate of drug-likeness (QED) is 0.0269. The molecule has 0 radical (unpaired) electrons. The van der Waals surface area contributed by atoms with E-state index in [1.165, 1.54) is 52.0 Å². The summed E-state index contributed by atoms with van der Waals surface area (Å²) < 4.78 is 0. The van der Waals surface area contributed by atoms with Crippen LogP contribution in [0.3, 0.4) is 0 Å². The lowest BCUT2D eigenvalue weighted by atomic mass is 9.98. The Kier molecular flexibility index (Phi) is 49.9. The molecule has 1 saturated heterocycles. The van der Waals surface area contributed by atoms with Crippen LogP contribution >= 0.6 is 0 Å². The van der Waals surface area contributed by atoms with E-state index < -0.39 is 277 Å². The van der Waals surface area contributed by atoms with Crippen LogP contribution in [-0.4, -0.2) is 283 Å². The normalized spacial score (nSPS) is 16.8. The molecular weight excluding hydrogens is 1690 g/mol. The van der Waals surface area contributed by atoms with Gasteiger partial charge >= 0.3 is 5.97 Å². The van der Waals surface area contributed by atoms with E-state index in [2.05, 4.69) is 89.7 Å². The number of hydrogen-bond acceptors (Lipinski definition) is 26. The first-order valence-electron chi connectivity index (χ1n) is 43.7. The van der Waals surface area contributed by atoms with Crippen molar-refractivity contribution in [3.05, 3.63) is 18.2 Å². The Morgan fingerprint density at radius 3 is 1.26 bits per heavy atom. The molecule has 0 bridgehead atoms. The third-order valence-corrected chi connectivity index (χ3v) is 21.3. The van der Waals surface area contributed by atoms with Crippen molar-refractivity contribution in [2.24, 2.45) is 69.9 Å². The fraction of sp³-hybridized carbons (Fsp3) is 0.720. The van der Waals surface area contributed by atoms with Crippen molar-refractivity contribution in [2.75, 3.05) is 26.2 Å². The van der Waals surface area contributed by atoms with Crippen LogP contribution in [0.5, 0.6) is 0 Å². The van der Waals surface area contributed by atoms with Gasteiger partial charge < -0.3 is 139 Å². The molecule has 1 aliphatic heterocycles. The van der Waals surface area contributed by atoms with Crippen molar-refractivity contribution in [3.63, 3.8) is 0 Å². The van der Waals surface area contributed by atoms with Crippen molar-refractivity contribution >= 4 is 118 Å². The third-order valence-electron chi connectivity index (χ3n) is 21.3. The van der Waals surface area contributed by atoms with Gasteiger partial charge in [0.15, 0.2) is 0 Å². The summed E-state index contributed by atoms with van der Waals surface area (Å²) in [5, 5.41) is 68.4. The SMILES string of the molecule is CC[C@H](C)[C@H](N)C(=O)N[C@@H](CC(N)=O)C(=O)N[C@@H](Cc1cnc[nH]1)C(=O)N[C@@H](CCC(N)=O)C(=O)N[C@H](C(=O)N[C@H](C(=O)N1CCC[C@H]1C(=O)N[C@H](C(=O)N[C@@H](CC(C)C)C(=O)N[C@@H](C)C(=O)N[C@H](C(=O)N[C@@H](CO)C(=O)N[C@@H](CCCCN)C(=O)N[C@@H](CC(N)=O)C(=O)N[C@@H](CCCCN)C(=O)N[C@@H](C)C(=O)N[C@@H](CC(C)C)C(=O)O)C(C)C)[C@@H](C)O)C(C)C)C(C)C. The Morgan fingerprint density at radius 1 is 0.442 bits per heavy atom. The summed E-state index contributed by atoms with van der Waals surface area (Å²) >= 11 is 0. The molecule has 31 N–H and O–H groups in total. The molecule has 0 unspecified atom stereocenters. The van der Waals surface area contributed by atoms with Crippen LogP contribution in [0.4, 0.5) is 0 Å². The maximum atomic E-state index is 14.7. The number of imidazole rings is 1. The van der Waals surface area contributed by atoms with Crippen molar-refractivity contribution in [3.8, 4) is 0 Å². The molecule has 728 valence electrons. The van der Waals surface area contributed by atoms with E-state index in [4.69, 9.17) is 34.4 Å². The van der Waals surface area contributed by atoms with Gasteiger partial charge in [0.25, 0.3) is 0 Å². The highest BCUT2D eigenvalue weighted by molar-refractivity contribution is 6.02. The number of primary amides is 3. The van der Waals surface area contributed by atoms with Gasteiger partial charge in [0, 0.05) is 31.3 Å². The number of nitrogens with zero attached hydrogens (tertiary/aromatic N) is 2. The number of carbonyl (C=O) groups excluding carboxylic acids is 19. The largest absolute Gasteiger partial charge is 0.480 e. The number of aliphatic carboxylic acids is 1. The maximum Gasteiger partial charge on any atom is 0.326 e. The zero-order valence-corrected chi connectivity index (χ0v) is 76.5. The van der Waals surface area contributed by atoms with Crippen LogP contribution in [0.15, 0.2) is 12.5 Å². The number of rotatable bonds is 60. The van der Waals surface area contributed by atoms with E-state index in [1.807, 2.05) is 0 Å². The Hall–Kier alpha value is -11.6. The summed E-state index contributed by atoms with van der Waals surface area (Å²) in [4.78, 5) is 282. The topological polar surface area (TPSA) is 771 Å². The van der Waals surface area contributed by atoms with E-state index in [0.717, 1.165) is 0 Å². The number of unbranched alkanes of at least 4 members (excludes halogenated alkanes) is 2. The molecule has 1 fully saturated rings. The van der Waals surface area contributed by atoms with Gasteiger partial charge in [0.05, 0.1) is 37.9 Å². The predicted molar refractivity (Wildman–Crippen MR) is 466 cm³/mol. The standard InChI is InChI=1S/C82H142N24O23/c1-16-43(12)61(88)77(123)98-54(34-60(87)111)74(120)96-52(32-47-35-89-37-90-47)72(118)95-50(25-26-58(85)109)70(116)103-63(41(8)9)79(125)104-64(42(10)11)81(127)106-29-21-24-57(106)76(122)105-65(46(15)108)80(126)99-51(30-38(2)3)71(117)92-45(14)67(113)102-62(40(6)7)78(124)101-56(36-107)75(121)94-49(23-18-20-28-84)69(115)97-53(33-59(86)110)73(119)93-48(22-17-19-27-83)68(114)91-44(13)66(112)100-55(82(128)129)31-39(4)5/h35,37-46,48-57,61-65,107-108H,16-34,36,83-84,88H2,1-15H3,(H2,85,109)(H2,86,110)(H2,87,111)(H,89,90)(H,91,114)(H,92,117)(H,93,119)(H,94,121)(H,95,118)(H,96,120)(H,97,115)(H,98,123)(H,99,126)(H,100,112)(H,101,124)(H,102,113)(H,103,116)(H,104,125)(H,105,122)(H,128,129)/t43-,44-,45-,46+,48-,49-,50-,51-,52-,53-,54-,55-,56-,57-,61-,62-,63-,64-,65-/m0/s1. The van der Waals surface area contributed by atoms with Gasteiger partial charge in [0.1, 0.15) is 96.7 Å². The van der Waals surface area contributed by atoms with Crippen LogP contribution in [0.1, 0.15) is 206 Å². The molecule has 19 atom stereocenters. The summed E-state index contributed by atoms with van der Waals surface area (Å²) in [6.07, 6.45) is -0.252. The Balaban J connectivity index is 2.35. The number of nitrogens with one attached hydrogen (secondary N) is 16. The molecule has 47 nitrogen and oxygen atoms in total. The zero-order valence-electron chi connectivity index (χ0n) is 76.5. The lowest BCUT2D eigenvalue weighted by Crippen LogP contribution is -2.62. The van der Waals surface area contributed by atoms with Crippen molar-refractivity contribution in [2.45, 2.75) is 315 Å². The summed E-state index contributed by atoms with van der Waals surface area (Å²) in [6, 6.07) is -25.6. The molecule has 2 rings (SSSR count). The monoisotopic (exact) mass is 1830 g/mol. The second-order valence-corrected chi connectivity index (χ2v) is 34.5. The number of nitrogens with two attached hydrogens (primary N) is 6. The summed E-state index contributed by atoms with van der Waals surface area (Å²) in [5.74, 6) is -22.9. The number of aliphatic hydroxyl groups is 2. The Morgan fingerprint density at radius 2 is 0.822 bits per heavy atom. The number of aliphatic hydroxyl groups excluding tert-OH is 2. The van der Waals surface area contributed by atoms with Gasteiger partial charge in [-0.25, -0.2) is 9.78 Å². The van der Waals surface area contributed by atoms with Crippen LogP contribution in [0.25, 0.3) is 0 Å². The number of likely N-dealkylation sites (tertiary alicyclic amines) is 1. The Labute approximate surface area is 750 Å². The van der Waals surface area contributed by atoms with Crippen LogP contribution < -0.4 is 114 Å². The minimum atomic E-state index is -1.83. The van der Waals surface area contributed by atoms with E-state index in [-0.39, 0.29) is 95.2 Å². The molecule has 19 amide bonds. The van der Waals surface area contributed by atoms with E-state index in [9.17, 15) is 111 Å². The molecule has 129 heavy (non-hydrogen) atoms. The molecule has 1 aromatic rings. The molecule has 0 aliphatic carbocycles. The first-order chi connectivity index (χ1) is 60.3. The van der Waals surface area contributed by atoms with Crippen LogP contribution in [0, 0.1) is 35.5 Å². The highest BCUT2D eigenvalue weighted by Crippen LogP contribution is 2.23. The molecule has 0 spiro atoms. The van der Waals surface area contributed by atoms with Crippen molar-refractivity contribution in [1.82, 2.24) is 94.6 Å². The minimum absolute atomic E-state index is 0.0225. The van der Waals surface area contributed by atoms with Gasteiger partial charge in [0.2, 0.25) is 112 Å². The van der Waals surface area contributed by atoms with Gasteiger partial charge in [-0.2, -0.15) is 0 Å². The number of carboxylic acid groups (broad SMARTS) is 1. The smallest absolute Gasteiger partial charge is 0.326 e. The fourth-order valence-corrected chi connectivity index (χ4v) is 13.5. The maximum absolute atomic E-state index is 14.7. The highest BCUT2D eigenvalue weighted by Gasteiger charge is 2.44. The number of amides is 19. The summed E-state index contributed by atoms with van der Waals surface area (Å²) in [5.41, 5.74) is 34.3. The average Bonchev–Trinajstić information content (AvgIpc) is 1.72. The van der Waals surface area contributed by atoms with Gasteiger partial charge in [-0.15, -0.1) is 0 Å². The number of aromatic amines is 1. The van der Waals surface area contributed by atoms with E-state index in [0.29, 0.717) is 25.0 Å². The first kappa shape index (κ1) is 113. The van der Waals surface area contributed by atoms with Gasteiger partial charge in [-0.3, -0.25) is 91.1 Å². The van der Waals surface area contributed by atoms with Crippen molar-refractivity contribution < 1.29 is 111 Å². The fourth-order valence-electron chi connectivity index (χ4n) is 13.5. The van der Waals surface area contributed by atoms with Crippen LogP contribution in [0.2, 0.25) is 0 Å². The first-order valence-corrected chi connectivity index (χ1v) is 43.7. The van der Waals surface area contributed by atoms with Crippen LogP contribution in [-0.2, 0) is 102 Å². The highest BCUT2D eigenvalue weighted by atomic mass is 16.4. The van der Waals surface area contributed by atoms with Crippen molar-refractivity contribution in [1.29, 1.82) is 0 Å². The molecule has 1 aliphatic rings. The molecule has 1 aromatic heterocycles. The minimum Gasteiger partial charge on any atom is -0.480 e. The molecule has 0 aromatic carbocycles. The summed E-state index contributed by atoms with van der Waals surface area (Å²) in [6.45, 7) is 22.6. The lowest BCUT2D eigenvalue weighted by Gasteiger charge is -2.33. The second kappa shape index (κ2) is 56.7. The molecular formula is C82H142N24O23. The lowest BCUT2D eigenvalue weighted by molar-refractivity contribution is -0.144. The second-order valence-electron chi connectivity index (χ2n) is 34.5. The van der Waals surface area contributed by atoms with Gasteiger partial charge in [-0.05, 0) is 140 Å². The number of H-pyrrole nitrogens is 1. The van der Waals surface area contributed by atoms with E-state index in [1.54, 1.807) is 69.2 Å². The number of hydrogen-bond donors (Lipinski definition) is 25. The number of aromatic nitrogens is 2.